The standard InChI is InChI=1S/C11H20O6.C7H14O2/c1-3-8(2)11(15)16-5-4-10(14)17-7-9(13)6-12;1-5-7(2,3)6(8)9-4/h8-9,12-13H,3-7H2,1-2H3;5H2,1-4H3. The van der Waals surface area contributed by atoms with E-state index in [0.29, 0.717) is 6.42 Å². The predicted octanol–water partition coefficient (Wildman–Crippen LogP) is 1.46. The molecule has 154 valence electrons. The lowest BCUT2D eigenvalue weighted by Gasteiger charge is -2.17. The fourth-order valence-electron chi connectivity index (χ4n) is 1.28. The van der Waals surface area contributed by atoms with Crippen molar-refractivity contribution in [3.63, 3.8) is 0 Å². The van der Waals surface area contributed by atoms with Crippen molar-refractivity contribution in [3.8, 4) is 0 Å². The van der Waals surface area contributed by atoms with Crippen molar-refractivity contribution < 1.29 is 38.8 Å². The molecular formula is C18H34O8. The van der Waals surface area contributed by atoms with Gasteiger partial charge in [0.25, 0.3) is 0 Å². The summed E-state index contributed by atoms with van der Waals surface area (Å²) >= 11 is 0. The molecule has 0 bridgehead atoms. The summed E-state index contributed by atoms with van der Waals surface area (Å²) < 4.78 is 14.0. The molecular weight excluding hydrogens is 344 g/mol. The van der Waals surface area contributed by atoms with E-state index in [1.165, 1.54) is 7.11 Å². The van der Waals surface area contributed by atoms with Crippen molar-refractivity contribution >= 4 is 17.9 Å². The normalized spacial score (nSPS) is 12.9. The number of ether oxygens (including phenoxy) is 3. The Morgan fingerprint density at radius 2 is 1.69 bits per heavy atom. The van der Waals surface area contributed by atoms with Gasteiger partial charge < -0.3 is 24.4 Å². The van der Waals surface area contributed by atoms with Gasteiger partial charge in [-0.15, -0.1) is 0 Å². The Morgan fingerprint density at radius 1 is 1.12 bits per heavy atom. The number of carbonyl (C=O) groups excluding carboxylic acids is 3. The molecule has 0 spiro atoms. The highest BCUT2D eigenvalue weighted by Crippen LogP contribution is 2.20. The Kier molecular flexibility index (Phi) is 14.8. The summed E-state index contributed by atoms with van der Waals surface area (Å²) in [6.07, 6.45) is 0.382. The Morgan fingerprint density at radius 3 is 2.08 bits per heavy atom. The van der Waals surface area contributed by atoms with Crippen LogP contribution in [0.3, 0.4) is 0 Å². The van der Waals surface area contributed by atoms with Gasteiger partial charge in [-0.25, -0.2) is 0 Å². The summed E-state index contributed by atoms with van der Waals surface area (Å²) in [7, 11) is 1.42. The van der Waals surface area contributed by atoms with Gasteiger partial charge in [0.1, 0.15) is 19.3 Å². The molecule has 8 heteroatoms. The Balaban J connectivity index is 0. The molecule has 0 rings (SSSR count). The van der Waals surface area contributed by atoms with Crippen molar-refractivity contribution in [1.82, 2.24) is 0 Å². The molecule has 2 atom stereocenters. The van der Waals surface area contributed by atoms with Crippen molar-refractivity contribution in [3.05, 3.63) is 0 Å². The first-order chi connectivity index (χ1) is 12.0. The number of rotatable bonds is 10. The Labute approximate surface area is 155 Å². The lowest BCUT2D eigenvalue weighted by molar-refractivity contribution is -0.153. The molecule has 0 aromatic rings. The van der Waals surface area contributed by atoms with Gasteiger partial charge in [-0.3, -0.25) is 14.4 Å². The highest BCUT2D eigenvalue weighted by molar-refractivity contribution is 5.75. The fraction of sp³-hybridized carbons (Fsp3) is 0.833. The second-order valence-electron chi connectivity index (χ2n) is 6.48. The molecule has 0 saturated carbocycles. The maximum atomic E-state index is 11.2. The van der Waals surface area contributed by atoms with E-state index < -0.39 is 18.7 Å². The van der Waals surface area contributed by atoms with E-state index in [2.05, 4.69) is 9.47 Å². The zero-order valence-electron chi connectivity index (χ0n) is 16.7. The maximum absolute atomic E-state index is 11.2. The first-order valence-electron chi connectivity index (χ1n) is 8.75. The van der Waals surface area contributed by atoms with Crippen LogP contribution in [0.4, 0.5) is 0 Å². The van der Waals surface area contributed by atoms with E-state index in [9.17, 15) is 14.4 Å². The number of carbonyl (C=O) groups is 3. The van der Waals surface area contributed by atoms with Crippen LogP contribution in [0.5, 0.6) is 0 Å². The summed E-state index contributed by atoms with van der Waals surface area (Å²) in [6.45, 7) is 8.59. The molecule has 2 N–H and O–H groups in total. The second kappa shape index (κ2) is 14.5. The van der Waals surface area contributed by atoms with E-state index >= 15 is 0 Å². The van der Waals surface area contributed by atoms with E-state index in [-0.39, 0.29) is 42.9 Å². The molecule has 0 saturated heterocycles. The monoisotopic (exact) mass is 378 g/mol. The molecule has 0 fully saturated rings. The first kappa shape index (κ1) is 26.6. The van der Waals surface area contributed by atoms with Crippen LogP contribution in [0.25, 0.3) is 0 Å². The average Bonchev–Trinajstić information content (AvgIpc) is 2.64. The first-order valence-corrected chi connectivity index (χ1v) is 8.75. The van der Waals surface area contributed by atoms with Crippen molar-refractivity contribution in [2.24, 2.45) is 11.3 Å². The third kappa shape index (κ3) is 12.7. The summed E-state index contributed by atoms with van der Waals surface area (Å²) in [5.74, 6) is -1.22. The van der Waals surface area contributed by atoms with Crippen molar-refractivity contribution in [2.45, 2.75) is 60.0 Å². The highest BCUT2D eigenvalue weighted by atomic mass is 16.6. The van der Waals surface area contributed by atoms with Crippen LogP contribution in [0.15, 0.2) is 0 Å². The van der Waals surface area contributed by atoms with Crippen LogP contribution >= 0.6 is 0 Å². The van der Waals surface area contributed by atoms with Gasteiger partial charge >= 0.3 is 17.9 Å². The van der Waals surface area contributed by atoms with Crippen LogP contribution in [0.2, 0.25) is 0 Å². The van der Waals surface area contributed by atoms with Gasteiger partial charge in [0.05, 0.1) is 31.5 Å². The van der Waals surface area contributed by atoms with Gasteiger partial charge in [-0.2, -0.15) is 0 Å². The highest BCUT2D eigenvalue weighted by Gasteiger charge is 2.25. The van der Waals surface area contributed by atoms with Crippen molar-refractivity contribution in [1.29, 1.82) is 0 Å². The van der Waals surface area contributed by atoms with Gasteiger partial charge in [-0.1, -0.05) is 20.8 Å². The van der Waals surface area contributed by atoms with E-state index in [1.807, 2.05) is 27.7 Å². The summed E-state index contributed by atoms with van der Waals surface area (Å²) in [5, 5.41) is 17.4. The number of hydrogen-bond donors (Lipinski definition) is 2. The molecule has 26 heavy (non-hydrogen) atoms. The number of hydrogen-bond acceptors (Lipinski definition) is 8. The quantitative estimate of drug-likeness (QED) is 0.433. The molecule has 0 amide bonds. The number of aliphatic hydroxyl groups excluding tert-OH is 2. The molecule has 0 heterocycles. The third-order valence-electron chi connectivity index (χ3n) is 3.83. The number of aliphatic hydroxyl groups is 2. The largest absolute Gasteiger partial charge is 0.469 e. The minimum atomic E-state index is -1.07. The van der Waals surface area contributed by atoms with Crippen LogP contribution in [0, 0.1) is 11.3 Å². The molecule has 0 aliphatic rings. The third-order valence-corrected chi connectivity index (χ3v) is 3.83. The smallest absolute Gasteiger partial charge is 0.311 e. The number of esters is 3. The summed E-state index contributed by atoms with van der Waals surface area (Å²) in [4.78, 5) is 33.1. The van der Waals surface area contributed by atoms with E-state index in [4.69, 9.17) is 14.9 Å². The maximum Gasteiger partial charge on any atom is 0.311 e. The van der Waals surface area contributed by atoms with Crippen LogP contribution in [-0.2, 0) is 28.6 Å². The van der Waals surface area contributed by atoms with Crippen LogP contribution in [0.1, 0.15) is 53.9 Å². The minimum absolute atomic E-state index is 0.0305. The zero-order chi connectivity index (χ0) is 20.8. The molecule has 0 aliphatic heterocycles. The lowest BCUT2D eigenvalue weighted by Crippen LogP contribution is -2.24. The Hall–Kier alpha value is -1.67. The predicted molar refractivity (Wildman–Crippen MR) is 95.2 cm³/mol. The van der Waals surface area contributed by atoms with Gasteiger partial charge in [-0.05, 0) is 26.7 Å². The zero-order valence-corrected chi connectivity index (χ0v) is 16.7. The summed E-state index contributed by atoms with van der Waals surface area (Å²) in [5.41, 5.74) is -0.311. The lowest BCUT2D eigenvalue weighted by atomic mass is 9.91. The molecule has 8 nitrogen and oxygen atoms in total. The molecule has 0 aliphatic carbocycles. The summed E-state index contributed by atoms with van der Waals surface area (Å²) in [6, 6.07) is 0. The van der Waals surface area contributed by atoms with E-state index in [0.717, 1.165) is 6.42 Å². The molecule has 0 radical (unpaired) electrons. The molecule has 2 unspecified atom stereocenters. The van der Waals surface area contributed by atoms with Gasteiger partial charge in [0.2, 0.25) is 0 Å². The average molecular weight is 378 g/mol. The second-order valence-corrected chi connectivity index (χ2v) is 6.48. The van der Waals surface area contributed by atoms with Gasteiger partial charge in [0.15, 0.2) is 0 Å². The molecule has 0 aromatic heterocycles. The minimum Gasteiger partial charge on any atom is -0.469 e. The molecule has 0 aromatic carbocycles. The van der Waals surface area contributed by atoms with Crippen LogP contribution < -0.4 is 0 Å². The van der Waals surface area contributed by atoms with E-state index in [1.54, 1.807) is 6.92 Å². The SMILES string of the molecule is CCC(C)(C)C(=O)OC.CCC(C)C(=O)OCCC(=O)OCC(O)CO. The topological polar surface area (TPSA) is 119 Å². The van der Waals surface area contributed by atoms with Crippen molar-refractivity contribution in [2.75, 3.05) is 26.9 Å². The Bertz CT molecular complexity index is 419. The van der Waals surface area contributed by atoms with Gasteiger partial charge in [0, 0.05) is 0 Å². The van der Waals surface area contributed by atoms with Crippen LogP contribution in [-0.4, -0.2) is 61.2 Å². The fourth-order valence-corrected chi connectivity index (χ4v) is 1.28. The number of methoxy groups -OCH3 is 1.